The van der Waals surface area contributed by atoms with Gasteiger partial charge < -0.3 is 16.4 Å². The molecular formula is C24H53N3. The van der Waals surface area contributed by atoms with Gasteiger partial charge >= 0.3 is 0 Å². The van der Waals surface area contributed by atoms with E-state index in [4.69, 9.17) is 5.73 Å². The van der Waals surface area contributed by atoms with Gasteiger partial charge in [-0.1, -0.05) is 89.5 Å². The molecule has 1 heterocycles. The lowest BCUT2D eigenvalue weighted by molar-refractivity contribution is 0.230. The smallest absolute Gasteiger partial charge is 0.0327 e. The fourth-order valence-electron chi connectivity index (χ4n) is 3.57. The van der Waals surface area contributed by atoms with E-state index in [1.54, 1.807) is 0 Å². The fourth-order valence-corrected chi connectivity index (χ4v) is 3.57. The molecule has 0 bridgehead atoms. The number of nitrogens with one attached hydrogen (secondary N) is 2. The highest BCUT2D eigenvalue weighted by molar-refractivity contribution is 4.98. The third kappa shape index (κ3) is 13.2. The average molecular weight is 384 g/mol. The van der Waals surface area contributed by atoms with Crippen molar-refractivity contribution >= 4 is 0 Å². The van der Waals surface area contributed by atoms with Gasteiger partial charge in [0.2, 0.25) is 0 Å². The van der Waals surface area contributed by atoms with E-state index in [-0.39, 0.29) is 5.41 Å². The fraction of sp³-hybridized carbons (Fsp3) is 0.917. The van der Waals surface area contributed by atoms with Crippen LogP contribution in [0.15, 0.2) is 11.9 Å². The van der Waals surface area contributed by atoms with E-state index in [0.717, 1.165) is 30.5 Å². The van der Waals surface area contributed by atoms with Gasteiger partial charge in [0.05, 0.1) is 0 Å². The molecule has 1 fully saturated rings. The van der Waals surface area contributed by atoms with E-state index in [2.05, 4.69) is 79.9 Å². The Morgan fingerprint density at radius 2 is 1.67 bits per heavy atom. The Hall–Kier alpha value is -0.700. The zero-order chi connectivity index (χ0) is 21.8. The van der Waals surface area contributed by atoms with E-state index in [9.17, 15) is 0 Å². The Morgan fingerprint density at radius 1 is 1.15 bits per heavy atom. The second kappa shape index (κ2) is 13.5. The van der Waals surface area contributed by atoms with Gasteiger partial charge in [-0.3, -0.25) is 0 Å². The highest BCUT2D eigenvalue weighted by Crippen LogP contribution is 2.28. The van der Waals surface area contributed by atoms with Crippen LogP contribution in [-0.2, 0) is 0 Å². The van der Waals surface area contributed by atoms with Crippen LogP contribution < -0.4 is 16.4 Å². The molecule has 1 rings (SSSR count). The lowest BCUT2D eigenvalue weighted by Gasteiger charge is -2.34. The molecule has 3 heteroatoms. The molecule has 0 aromatic carbocycles. The number of nitrogens with two attached hydrogens (primary N) is 1. The molecule has 4 N–H and O–H groups in total. The molecule has 0 aliphatic carbocycles. The monoisotopic (exact) mass is 383 g/mol. The van der Waals surface area contributed by atoms with Gasteiger partial charge in [0.15, 0.2) is 0 Å². The minimum absolute atomic E-state index is 0.261. The summed E-state index contributed by atoms with van der Waals surface area (Å²) in [6, 6.07) is 1.20. The van der Waals surface area contributed by atoms with Gasteiger partial charge in [-0.15, -0.1) is 0 Å². The first kappa shape index (κ1) is 28.5. The first-order valence-electron chi connectivity index (χ1n) is 11.2. The molecule has 0 radical (unpaired) electrons. The summed E-state index contributed by atoms with van der Waals surface area (Å²) in [5, 5.41) is 7.00. The number of allylic oxidation sites excluding steroid dienone is 1. The third-order valence-electron chi connectivity index (χ3n) is 4.98. The summed E-state index contributed by atoms with van der Waals surface area (Å²) >= 11 is 0. The summed E-state index contributed by atoms with van der Waals surface area (Å²) in [5.41, 5.74) is 7.54. The molecular weight excluding hydrogens is 330 g/mol. The summed E-state index contributed by atoms with van der Waals surface area (Å²) in [6.45, 7) is 27.9. The molecule has 1 saturated heterocycles. The van der Waals surface area contributed by atoms with Gasteiger partial charge in [0.25, 0.3) is 0 Å². The van der Waals surface area contributed by atoms with Crippen LogP contribution in [-0.4, -0.2) is 18.6 Å². The molecule has 1 aliphatic rings. The Labute approximate surface area is 172 Å². The Morgan fingerprint density at radius 3 is 1.93 bits per heavy atom. The van der Waals surface area contributed by atoms with Crippen molar-refractivity contribution in [2.45, 2.75) is 114 Å². The summed E-state index contributed by atoms with van der Waals surface area (Å²) in [4.78, 5) is 0. The predicted molar refractivity (Wildman–Crippen MR) is 125 cm³/mol. The van der Waals surface area contributed by atoms with Crippen LogP contribution in [0.4, 0.5) is 0 Å². The standard InChI is InChI=1S/C13H28N2.C9H19N.C2H6/c1-7-8-11(14)9-15-12(10(2)3)13(4,5)6;1-7-5-8(10-6-7)9(2,3)4;1-2/h9-10,12,15H,7-8,14H2,1-6H3;7-8,10H,5-6H2,1-4H3;1-2H3/b11-9-;;. The largest absolute Gasteiger partial charge is 0.401 e. The molecule has 0 aromatic rings. The van der Waals surface area contributed by atoms with Crippen molar-refractivity contribution < 1.29 is 0 Å². The van der Waals surface area contributed by atoms with E-state index in [1.807, 2.05) is 20.0 Å². The van der Waals surface area contributed by atoms with E-state index in [1.165, 1.54) is 13.0 Å². The van der Waals surface area contributed by atoms with Crippen molar-refractivity contribution in [1.29, 1.82) is 0 Å². The topological polar surface area (TPSA) is 50.1 Å². The Kier molecular flexibility index (Phi) is 14.2. The highest BCUT2D eigenvalue weighted by atomic mass is 15.0. The van der Waals surface area contributed by atoms with Gasteiger partial charge in [0.1, 0.15) is 0 Å². The molecule has 164 valence electrons. The van der Waals surface area contributed by atoms with Crippen molar-refractivity contribution in [3.8, 4) is 0 Å². The van der Waals surface area contributed by atoms with Crippen LogP contribution in [0.1, 0.15) is 102 Å². The quantitative estimate of drug-likeness (QED) is 0.522. The van der Waals surface area contributed by atoms with Crippen molar-refractivity contribution in [3.63, 3.8) is 0 Å². The van der Waals surface area contributed by atoms with Crippen molar-refractivity contribution in [2.75, 3.05) is 6.54 Å². The second-order valence-corrected chi connectivity index (χ2v) is 10.4. The van der Waals surface area contributed by atoms with Gasteiger partial charge in [-0.2, -0.15) is 0 Å². The Balaban J connectivity index is 0. The maximum absolute atomic E-state index is 5.87. The summed E-state index contributed by atoms with van der Waals surface area (Å²) in [6.07, 6.45) is 5.41. The Bertz CT molecular complexity index is 385. The summed E-state index contributed by atoms with van der Waals surface area (Å²) in [7, 11) is 0. The van der Waals surface area contributed by atoms with Gasteiger partial charge in [-0.25, -0.2) is 0 Å². The predicted octanol–water partition coefficient (Wildman–Crippen LogP) is 6.30. The van der Waals surface area contributed by atoms with Crippen LogP contribution in [0.2, 0.25) is 0 Å². The first-order chi connectivity index (χ1) is 12.3. The molecule has 0 spiro atoms. The first-order valence-corrected chi connectivity index (χ1v) is 11.2. The van der Waals surface area contributed by atoms with Gasteiger partial charge in [-0.05, 0) is 42.1 Å². The van der Waals surface area contributed by atoms with Crippen LogP contribution in [0.5, 0.6) is 0 Å². The summed E-state index contributed by atoms with van der Waals surface area (Å²) in [5.74, 6) is 1.49. The van der Waals surface area contributed by atoms with Crippen LogP contribution in [0, 0.1) is 22.7 Å². The SMILES string of the molecule is CC.CC1CNC(C(C)(C)C)C1.CCC/C(N)=C/NC(C(C)C)C(C)(C)C. The molecule has 27 heavy (non-hydrogen) atoms. The van der Waals surface area contributed by atoms with E-state index in [0.29, 0.717) is 17.4 Å². The number of hydrogen-bond donors (Lipinski definition) is 3. The lowest BCUT2D eigenvalue weighted by atomic mass is 9.80. The highest BCUT2D eigenvalue weighted by Gasteiger charge is 2.30. The molecule has 3 atom stereocenters. The molecule has 0 saturated carbocycles. The van der Waals surface area contributed by atoms with Crippen LogP contribution in [0.3, 0.4) is 0 Å². The van der Waals surface area contributed by atoms with Gasteiger partial charge in [0, 0.05) is 24.0 Å². The molecule has 1 aliphatic heterocycles. The van der Waals surface area contributed by atoms with Crippen molar-refractivity contribution in [3.05, 3.63) is 11.9 Å². The van der Waals surface area contributed by atoms with Crippen molar-refractivity contribution in [2.24, 2.45) is 28.4 Å². The van der Waals surface area contributed by atoms with Crippen LogP contribution >= 0.6 is 0 Å². The van der Waals surface area contributed by atoms with E-state index < -0.39 is 0 Å². The van der Waals surface area contributed by atoms with Crippen LogP contribution in [0.25, 0.3) is 0 Å². The second-order valence-electron chi connectivity index (χ2n) is 10.4. The normalized spacial score (nSPS) is 21.7. The summed E-state index contributed by atoms with van der Waals surface area (Å²) < 4.78 is 0. The number of rotatable bonds is 5. The zero-order valence-corrected chi connectivity index (χ0v) is 20.8. The van der Waals surface area contributed by atoms with E-state index >= 15 is 0 Å². The average Bonchev–Trinajstić information content (AvgIpc) is 2.95. The third-order valence-corrected chi connectivity index (χ3v) is 4.98. The number of hydrogen-bond acceptors (Lipinski definition) is 3. The minimum atomic E-state index is 0.261. The molecule has 3 nitrogen and oxygen atoms in total. The molecule has 0 amide bonds. The lowest BCUT2D eigenvalue weighted by Crippen LogP contribution is -2.42. The van der Waals surface area contributed by atoms with Crippen molar-refractivity contribution in [1.82, 2.24) is 10.6 Å². The minimum Gasteiger partial charge on any atom is -0.401 e. The maximum Gasteiger partial charge on any atom is 0.0327 e. The molecule has 0 aromatic heterocycles. The molecule has 3 unspecified atom stereocenters. The maximum atomic E-state index is 5.87. The zero-order valence-electron chi connectivity index (χ0n) is 20.8.